The van der Waals surface area contributed by atoms with Crippen LogP contribution in [0.25, 0.3) is 11.0 Å². The minimum Gasteiger partial charge on any atom is -0.492 e. The molecule has 0 atom stereocenters. The Morgan fingerprint density at radius 1 is 1.15 bits per heavy atom. The number of fused-ring (bicyclic) bond motifs is 1. The van der Waals surface area contributed by atoms with Gasteiger partial charge in [0.1, 0.15) is 17.9 Å². The Morgan fingerprint density at radius 3 is 2.67 bits per heavy atom. The summed E-state index contributed by atoms with van der Waals surface area (Å²) in [6.45, 7) is 0.557. The summed E-state index contributed by atoms with van der Waals surface area (Å²) < 4.78 is 11.0. The third-order valence-corrected chi connectivity index (χ3v) is 4.50. The van der Waals surface area contributed by atoms with Gasteiger partial charge in [-0.05, 0) is 60.3 Å². The van der Waals surface area contributed by atoms with E-state index in [1.807, 2.05) is 0 Å². The number of hydrogen-bond acceptors (Lipinski definition) is 6. The molecular formula is C18H15ClN2O5S. The van der Waals surface area contributed by atoms with E-state index in [-0.39, 0.29) is 18.3 Å². The van der Waals surface area contributed by atoms with Gasteiger partial charge < -0.3 is 14.5 Å². The molecule has 0 radical (unpaired) electrons. The van der Waals surface area contributed by atoms with E-state index in [0.29, 0.717) is 27.8 Å². The molecule has 0 saturated heterocycles. The predicted octanol–water partition coefficient (Wildman–Crippen LogP) is 4.09. The van der Waals surface area contributed by atoms with Crippen LogP contribution in [0.1, 0.15) is 10.6 Å². The van der Waals surface area contributed by atoms with Crippen LogP contribution >= 0.6 is 23.4 Å². The summed E-state index contributed by atoms with van der Waals surface area (Å²) in [5, 5.41) is 12.0. The van der Waals surface area contributed by atoms with Crippen LogP contribution in [0.3, 0.4) is 0 Å². The number of benzene rings is 2. The lowest BCUT2D eigenvalue weighted by atomic mass is 10.2. The fourth-order valence-electron chi connectivity index (χ4n) is 2.28. The first-order chi connectivity index (χ1) is 13.0. The van der Waals surface area contributed by atoms with Gasteiger partial charge in [-0.25, -0.2) is 5.48 Å². The standard InChI is InChI=1S/C18H15ClN2O5S/c19-12-1-6-15-11(9-12)10-16(26-15)17(22)20-7-8-25-13-2-4-14(5-3-13)27-18(23)21-24/h1-6,9-10,24H,7-8H2,(H,20,22)(H,21,23). The van der Waals surface area contributed by atoms with Crippen molar-refractivity contribution in [3.05, 3.63) is 59.3 Å². The number of hydroxylamine groups is 1. The Balaban J connectivity index is 1.46. The first-order valence-corrected chi connectivity index (χ1v) is 9.06. The highest BCUT2D eigenvalue weighted by molar-refractivity contribution is 8.13. The lowest BCUT2D eigenvalue weighted by molar-refractivity contribution is 0.0921. The maximum Gasteiger partial charge on any atom is 0.307 e. The lowest BCUT2D eigenvalue weighted by Gasteiger charge is -2.07. The zero-order valence-electron chi connectivity index (χ0n) is 13.9. The SMILES string of the molecule is O=C(NO)Sc1ccc(OCCNC(=O)c2cc3cc(Cl)ccc3o2)cc1. The van der Waals surface area contributed by atoms with Gasteiger partial charge in [-0.15, -0.1) is 0 Å². The number of ether oxygens (including phenoxy) is 1. The Bertz CT molecular complexity index is 958. The van der Waals surface area contributed by atoms with Crippen LogP contribution < -0.4 is 15.5 Å². The van der Waals surface area contributed by atoms with Gasteiger partial charge in [0.05, 0.1) is 6.54 Å². The molecule has 0 aliphatic rings. The second kappa shape index (κ2) is 8.81. The first-order valence-electron chi connectivity index (χ1n) is 7.87. The highest BCUT2D eigenvalue weighted by Crippen LogP contribution is 2.23. The molecule has 3 aromatic rings. The molecular weight excluding hydrogens is 392 g/mol. The van der Waals surface area contributed by atoms with Crippen LogP contribution in [0.4, 0.5) is 4.79 Å². The number of furan rings is 1. The van der Waals surface area contributed by atoms with E-state index in [4.69, 9.17) is 26.0 Å². The van der Waals surface area contributed by atoms with Crippen LogP contribution in [-0.2, 0) is 0 Å². The lowest BCUT2D eigenvalue weighted by Crippen LogP contribution is -2.27. The van der Waals surface area contributed by atoms with E-state index in [2.05, 4.69) is 5.32 Å². The van der Waals surface area contributed by atoms with Crippen molar-refractivity contribution in [2.75, 3.05) is 13.2 Å². The number of thioether (sulfide) groups is 1. The third-order valence-electron chi connectivity index (χ3n) is 3.48. The zero-order chi connectivity index (χ0) is 19.2. The summed E-state index contributed by atoms with van der Waals surface area (Å²) in [7, 11) is 0. The minimum atomic E-state index is -0.570. The molecule has 0 spiro atoms. The molecule has 0 unspecified atom stereocenters. The van der Waals surface area contributed by atoms with Crippen LogP contribution in [-0.4, -0.2) is 29.5 Å². The van der Waals surface area contributed by atoms with Crippen molar-refractivity contribution >= 4 is 45.5 Å². The minimum absolute atomic E-state index is 0.204. The highest BCUT2D eigenvalue weighted by atomic mass is 35.5. The van der Waals surface area contributed by atoms with Gasteiger partial charge in [-0.3, -0.25) is 14.8 Å². The van der Waals surface area contributed by atoms with E-state index in [1.165, 1.54) is 0 Å². The normalized spacial score (nSPS) is 10.6. The molecule has 0 bridgehead atoms. The smallest absolute Gasteiger partial charge is 0.307 e. The van der Waals surface area contributed by atoms with Crippen molar-refractivity contribution in [2.24, 2.45) is 0 Å². The molecule has 27 heavy (non-hydrogen) atoms. The maximum absolute atomic E-state index is 12.1. The maximum atomic E-state index is 12.1. The Morgan fingerprint density at radius 2 is 1.93 bits per heavy atom. The fraction of sp³-hybridized carbons (Fsp3) is 0.111. The topological polar surface area (TPSA) is 101 Å². The number of amides is 2. The van der Waals surface area contributed by atoms with Crippen LogP contribution in [0, 0.1) is 0 Å². The van der Waals surface area contributed by atoms with E-state index in [9.17, 15) is 9.59 Å². The summed E-state index contributed by atoms with van der Waals surface area (Å²) in [5.74, 6) is 0.458. The monoisotopic (exact) mass is 406 g/mol. The first kappa shape index (κ1) is 19.1. The summed E-state index contributed by atoms with van der Waals surface area (Å²) in [4.78, 5) is 23.8. The number of halogens is 1. The van der Waals surface area contributed by atoms with Crippen molar-refractivity contribution in [3.63, 3.8) is 0 Å². The van der Waals surface area contributed by atoms with Gasteiger partial charge >= 0.3 is 5.24 Å². The molecule has 0 saturated carbocycles. The van der Waals surface area contributed by atoms with Crippen molar-refractivity contribution in [2.45, 2.75) is 4.90 Å². The van der Waals surface area contributed by atoms with Crippen molar-refractivity contribution in [3.8, 4) is 5.75 Å². The van der Waals surface area contributed by atoms with Gasteiger partial charge in [0.2, 0.25) is 0 Å². The zero-order valence-corrected chi connectivity index (χ0v) is 15.5. The second-order valence-corrected chi connectivity index (χ2v) is 6.85. The van der Waals surface area contributed by atoms with E-state index >= 15 is 0 Å². The van der Waals surface area contributed by atoms with Gasteiger partial charge in [0.15, 0.2) is 5.76 Å². The van der Waals surface area contributed by atoms with Gasteiger partial charge in [-0.1, -0.05) is 11.6 Å². The Kier molecular flexibility index (Phi) is 6.23. The molecule has 2 amide bonds. The van der Waals surface area contributed by atoms with Gasteiger partial charge in [0.25, 0.3) is 5.91 Å². The molecule has 140 valence electrons. The van der Waals surface area contributed by atoms with Gasteiger partial charge in [0, 0.05) is 15.3 Å². The molecule has 0 fully saturated rings. The second-order valence-electron chi connectivity index (χ2n) is 5.37. The van der Waals surface area contributed by atoms with Crippen LogP contribution in [0.2, 0.25) is 5.02 Å². The van der Waals surface area contributed by atoms with Crippen LogP contribution in [0.5, 0.6) is 5.75 Å². The molecule has 7 nitrogen and oxygen atoms in total. The van der Waals surface area contributed by atoms with E-state index in [1.54, 1.807) is 54.0 Å². The highest BCUT2D eigenvalue weighted by Gasteiger charge is 2.12. The number of carbonyl (C=O) groups is 2. The number of nitrogens with one attached hydrogen (secondary N) is 2. The molecule has 3 rings (SSSR count). The van der Waals surface area contributed by atoms with Crippen molar-refractivity contribution in [1.82, 2.24) is 10.8 Å². The van der Waals surface area contributed by atoms with Crippen molar-refractivity contribution in [1.29, 1.82) is 0 Å². The van der Waals surface area contributed by atoms with Crippen molar-refractivity contribution < 1.29 is 24.0 Å². The number of carbonyl (C=O) groups excluding carboxylic acids is 2. The molecule has 2 aromatic carbocycles. The molecule has 1 aromatic heterocycles. The fourth-order valence-corrected chi connectivity index (χ4v) is 2.99. The molecule has 0 aliphatic heterocycles. The summed E-state index contributed by atoms with van der Waals surface area (Å²) >= 11 is 6.77. The Hall–Kier alpha value is -2.68. The number of rotatable bonds is 6. The molecule has 9 heteroatoms. The molecule has 0 aliphatic carbocycles. The van der Waals surface area contributed by atoms with Gasteiger partial charge in [-0.2, -0.15) is 0 Å². The quantitative estimate of drug-likeness (QED) is 0.247. The molecule has 1 heterocycles. The largest absolute Gasteiger partial charge is 0.492 e. The average molecular weight is 407 g/mol. The average Bonchev–Trinajstić information content (AvgIpc) is 3.09. The van der Waals surface area contributed by atoms with E-state index in [0.717, 1.165) is 17.1 Å². The summed E-state index contributed by atoms with van der Waals surface area (Å²) in [6.07, 6.45) is 0. The third kappa shape index (κ3) is 5.16. The summed E-state index contributed by atoms with van der Waals surface area (Å²) in [5.41, 5.74) is 2.13. The predicted molar refractivity (Wildman–Crippen MR) is 102 cm³/mol. The van der Waals surface area contributed by atoms with Crippen LogP contribution in [0.15, 0.2) is 57.8 Å². The number of hydrogen-bond donors (Lipinski definition) is 3. The Labute approximate surface area is 163 Å². The van der Waals surface area contributed by atoms with E-state index < -0.39 is 5.24 Å². The molecule has 3 N–H and O–H groups in total. The summed E-state index contributed by atoms with van der Waals surface area (Å²) in [6, 6.07) is 13.5.